The molecule has 0 aliphatic heterocycles. The van der Waals surface area contributed by atoms with Gasteiger partial charge in [0.15, 0.2) is 0 Å². The molecule has 0 fully saturated rings. The summed E-state index contributed by atoms with van der Waals surface area (Å²) in [5.74, 6) is -0.0166. The van der Waals surface area contributed by atoms with Crippen molar-refractivity contribution in [2.45, 2.75) is 12.8 Å². The van der Waals surface area contributed by atoms with Gasteiger partial charge in [0.1, 0.15) is 0 Å². The van der Waals surface area contributed by atoms with Crippen molar-refractivity contribution in [3.8, 4) is 5.69 Å². The van der Waals surface area contributed by atoms with Gasteiger partial charge in [0.2, 0.25) is 0 Å². The second-order valence-corrected chi connectivity index (χ2v) is 5.48. The third-order valence-electron chi connectivity index (χ3n) is 3.80. The molecule has 1 amide bonds. The lowest BCUT2D eigenvalue weighted by atomic mass is 10.1. The molecule has 1 aromatic heterocycles. The van der Waals surface area contributed by atoms with E-state index in [4.69, 9.17) is 0 Å². The number of rotatable bonds is 6. The number of carbonyl (C=O) groups excluding carboxylic acids is 1. The number of benzene rings is 2. The van der Waals surface area contributed by atoms with Crippen LogP contribution in [0.25, 0.3) is 5.69 Å². The Balaban J connectivity index is 1.48. The van der Waals surface area contributed by atoms with Crippen LogP contribution in [0.4, 0.5) is 0 Å². The van der Waals surface area contributed by atoms with Crippen LogP contribution in [0.2, 0.25) is 0 Å². The molecule has 3 nitrogen and oxygen atoms in total. The van der Waals surface area contributed by atoms with Crippen molar-refractivity contribution < 1.29 is 4.79 Å². The minimum absolute atomic E-state index is 0.0166. The van der Waals surface area contributed by atoms with Crippen LogP contribution in [-0.4, -0.2) is 17.0 Å². The van der Waals surface area contributed by atoms with Crippen LogP contribution in [-0.2, 0) is 6.42 Å². The number of nitrogens with one attached hydrogen (secondary N) is 1. The van der Waals surface area contributed by atoms with E-state index in [1.165, 1.54) is 5.56 Å². The summed E-state index contributed by atoms with van der Waals surface area (Å²) >= 11 is 0. The predicted octanol–water partition coefficient (Wildman–Crippen LogP) is 3.84. The molecule has 0 saturated heterocycles. The van der Waals surface area contributed by atoms with Crippen LogP contribution in [0.1, 0.15) is 22.3 Å². The average Bonchev–Trinajstić information content (AvgIpc) is 3.14. The molecule has 0 unspecified atom stereocenters. The Morgan fingerprint density at radius 3 is 2.26 bits per heavy atom. The molecule has 0 spiro atoms. The molecule has 0 radical (unpaired) electrons. The van der Waals surface area contributed by atoms with Crippen molar-refractivity contribution in [2.24, 2.45) is 0 Å². The maximum atomic E-state index is 12.1. The molecule has 2 aromatic carbocycles. The van der Waals surface area contributed by atoms with Crippen molar-refractivity contribution in [1.29, 1.82) is 0 Å². The Hall–Kier alpha value is -2.81. The maximum Gasteiger partial charge on any atom is 0.251 e. The Morgan fingerprint density at radius 2 is 1.57 bits per heavy atom. The minimum Gasteiger partial charge on any atom is -0.352 e. The van der Waals surface area contributed by atoms with E-state index in [1.54, 1.807) is 0 Å². The first-order valence-corrected chi connectivity index (χ1v) is 7.88. The molecule has 1 N–H and O–H groups in total. The molecule has 0 bridgehead atoms. The highest BCUT2D eigenvalue weighted by Gasteiger charge is 2.05. The highest BCUT2D eigenvalue weighted by molar-refractivity contribution is 5.94. The number of hydrogen-bond acceptors (Lipinski definition) is 1. The average molecular weight is 304 g/mol. The molecule has 3 rings (SSSR count). The normalized spacial score (nSPS) is 10.4. The minimum atomic E-state index is -0.0166. The number of aryl methyl sites for hydroxylation is 1. The van der Waals surface area contributed by atoms with E-state index in [-0.39, 0.29) is 5.91 Å². The lowest BCUT2D eigenvalue weighted by molar-refractivity contribution is 0.0953. The second-order valence-electron chi connectivity index (χ2n) is 5.48. The van der Waals surface area contributed by atoms with E-state index >= 15 is 0 Å². The molecule has 3 heteroatoms. The monoisotopic (exact) mass is 304 g/mol. The molecular formula is C20H20N2O. The third-order valence-corrected chi connectivity index (χ3v) is 3.80. The molecule has 0 saturated carbocycles. The van der Waals surface area contributed by atoms with E-state index in [1.807, 2.05) is 71.6 Å². The molecule has 0 aliphatic carbocycles. The first kappa shape index (κ1) is 15.1. The van der Waals surface area contributed by atoms with Gasteiger partial charge in [0.05, 0.1) is 0 Å². The lowest BCUT2D eigenvalue weighted by Crippen LogP contribution is -2.24. The van der Waals surface area contributed by atoms with E-state index < -0.39 is 0 Å². The van der Waals surface area contributed by atoms with E-state index in [0.29, 0.717) is 12.1 Å². The van der Waals surface area contributed by atoms with Crippen molar-refractivity contribution >= 4 is 5.91 Å². The molecule has 1 heterocycles. The molecule has 116 valence electrons. The number of carbonyl (C=O) groups is 1. The zero-order valence-electron chi connectivity index (χ0n) is 13.0. The SMILES string of the molecule is O=C(NCCCc1ccccc1)c1ccc(-n2cccc2)cc1. The molecular weight excluding hydrogens is 284 g/mol. The van der Waals surface area contributed by atoms with Crippen LogP contribution in [0.5, 0.6) is 0 Å². The van der Waals surface area contributed by atoms with Crippen molar-refractivity contribution in [3.63, 3.8) is 0 Å². The zero-order valence-corrected chi connectivity index (χ0v) is 13.0. The summed E-state index contributed by atoms with van der Waals surface area (Å²) in [6, 6.07) is 21.9. The first-order valence-electron chi connectivity index (χ1n) is 7.88. The fourth-order valence-electron chi connectivity index (χ4n) is 2.53. The summed E-state index contributed by atoms with van der Waals surface area (Å²) in [6.07, 6.45) is 5.89. The number of hydrogen-bond donors (Lipinski definition) is 1. The summed E-state index contributed by atoms with van der Waals surface area (Å²) in [5.41, 5.74) is 3.05. The van der Waals surface area contributed by atoms with E-state index in [9.17, 15) is 4.79 Å². The maximum absolute atomic E-state index is 12.1. The lowest BCUT2D eigenvalue weighted by Gasteiger charge is -2.07. The molecule has 23 heavy (non-hydrogen) atoms. The van der Waals surface area contributed by atoms with Crippen LogP contribution < -0.4 is 5.32 Å². The summed E-state index contributed by atoms with van der Waals surface area (Å²) in [4.78, 5) is 12.1. The first-order chi connectivity index (χ1) is 11.3. The second kappa shape index (κ2) is 7.45. The fourth-order valence-corrected chi connectivity index (χ4v) is 2.53. The van der Waals surface area contributed by atoms with Gasteiger partial charge in [-0.3, -0.25) is 4.79 Å². The van der Waals surface area contributed by atoms with Crippen LogP contribution in [0.3, 0.4) is 0 Å². The Morgan fingerprint density at radius 1 is 0.870 bits per heavy atom. The summed E-state index contributed by atoms with van der Waals surface area (Å²) in [5, 5.41) is 2.98. The van der Waals surface area contributed by atoms with Gasteiger partial charge < -0.3 is 9.88 Å². The molecule has 3 aromatic rings. The van der Waals surface area contributed by atoms with E-state index in [0.717, 1.165) is 18.5 Å². The van der Waals surface area contributed by atoms with E-state index in [2.05, 4.69) is 17.4 Å². The largest absolute Gasteiger partial charge is 0.352 e. The van der Waals surface area contributed by atoms with Gasteiger partial charge in [0, 0.05) is 30.2 Å². The molecule has 0 aliphatic rings. The zero-order chi connectivity index (χ0) is 15.9. The van der Waals surface area contributed by atoms with Gasteiger partial charge >= 0.3 is 0 Å². The summed E-state index contributed by atoms with van der Waals surface area (Å²) in [6.45, 7) is 0.688. The molecule has 0 atom stereocenters. The van der Waals surface area contributed by atoms with Crippen LogP contribution in [0, 0.1) is 0 Å². The Labute approximate surface area is 136 Å². The van der Waals surface area contributed by atoms with Crippen molar-refractivity contribution in [2.75, 3.05) is 6.54 Å². The van der Waals surface area contributed by atoms with Gasteiger partial charge in [-0.2, -0.15) is 0 Å². The van der Waals surface area contributed by atoms with Crippen LogP contribution in [0.15, 0.2) is 79.1 Å². The van der Waals surface area contributed by atoms with Crippen LogP contribution >= 0.6 is 0 Å². The smallest absolute Gasteiger partial charge is 0.251 e. The van der Waals surface area contributed by atoms with Crippen molar-refractivity contribution in [3.05, 3.63) is 90.3 Å². The highest BCUT2D eigenvalue weighted by Crippen LogP contribution is 2.10. The topological polar surface area (TPSA) is 34.0 Å². The van der Waals surface area contributed by atoms with Gasteiger partial charge in [-0.25, -0.2) is 0 Å². The van der Waals surface area contributed by atoms with Gasteiger partial charge in [-0.15, -0.1) is 0 Å². The highest BCUT2D eigenvalue weighted by atomic mass is 16.1. The van der Waals surface area contributed by atoms with Gasteiger partial charge in [0.25, 0.3) is 5.91 Å². The summed E-state index contributed by atoms with van der Waals surface area (Å²) < 4.78 is 2.02. The Bertz CT molecular complexity index is 731. The number of aromatic nitrogens is 1. The fraction of sp³-hybridized carbons (Fsp3) is 0.150. The number of amides is 1. The van der Waals surface area contributed by atoms with Crippen molar-refractivity contribution in [1.82, 2.24) is 9.88 Å². The quantitative estimate of drug-likeness (QED) is 0.690. The summed E-state index contributed by atoms with van der Waals surface area (Å²) in [7, 11) is 0. The Kier molecular flexibility index (Phi) is 4.89. The number of nitrogens with zero attached hydrogens (tertiary/aromatic N) is 1. The predicted molar refractivity (Wildman–Crippen MR) is 92.9 cm³/mol. The third kappa shape index (κ3) is 4.10. The standard InChI is InChI=1S/C20H20N2O/c23-20(21-14-6-9-17-7-2-1-3-8-17)18-10-12-19(13-11-18)22-15-4-5-16-22/h1-5,7-8,10-13,15-16H,6,9,14H2,(H,21,23). The van der Waals surface area contributed by atoms with Gasteiger partial charge in [-0.05, 0) is 54.8 Å². The van der Waals surface area contributed by atoms with Gasteiger partial charge in [-0.1, -0.05) is 30.3 Å².